The van der Waals surface area contributed by atoms with Gasteiger partial charge in [0.05, 0.1) is 38.1 Å². The van der Waals surface area contributed by atoms with E-state index >= 15 is 0 Å². The smallest absolute Gasteiger partial charge is 0.407 e. The number of alkyl carbamates (subject to hydrolysis) is 1. The predicted octanol–water partition coefficient (Wildman–Crippen LogP) is -0.0596. The van der Waals surface area contributed by atoms with Crippen LogP contribution in [-0.2, 0) is 78.4 Å². The molecule has 1 aliphatic rings. The molecule has 0 spiro atoms. The number of likely N-dealkylation sites (N-methyl/N-ethyl adjacent to an activating group) is 1. The normalized spacial score (nSPS) is 16.5. The van der Waals surface area contributed by atoms with E-state index in [1.807, 2.05) is 0 Å². The van der Waals surface area contributed by atoms with Crippen molar-refractivity contribution in [3.05, 3.63) is 35.3 Å². The Labute approximate surface area is 310 Å². The summed E-state index contributed by atoms with van der Waals surface area (Å²) in [7, 11) is -1.00. The number of terminal acetylenes is 1. The van der Waals surface area contributed by atoms with Crippen LogP contribution in [0, 0.1) is 12.3 Å². The van der Waals surface area contributed by atoms with Crippen LogP contribution in [0.2, 0.25) is 0 Å². The molecule has 1 aliphatic heterocycles. The quantitative estimate of drug-likeness (QED) is 0.0856. The Morgan fingerprint density at radius 2 is 1.67 bits per heavy atom. The van der Waals surface area contributed by atoms with E-state index in [0.29, 0.717) is 0 Å². The van der Waals surface area contributed by atoms with E-state index in [1.165, 1.54) is 25.2 Å². The van der Waals surface area contributed by atoms with Crippen LogP contribution in [0.5, 0.6) is 5.75 Å². The molecular weight excluding hydrogens is 742 g/mol. The summed E-state index contributed by atoms with van der Waals surface area (Å²) in [6.07, 6.45) is -0.455. The zero-order valence-corrected chi connectivity index (χ0v) is 31.1. The zero-order chi connectivity index (χ0) is 40.6. The van der Waals surface area contributed by atoms with Crippen LogP contribution in [-0.4, -0.2) is 126 Å². The first-order valence-corrected chi connectivity index (χ1v) is 17.9. The second kappa shape index (κ2) is 21.1. The SMILES string of the molecule is C#CCOCCC(=O)N(C)CC(=O)Nc1cc(COC(=O)NCCS(C)(=O)=O)ccc1O[C@H]1OC(C(=O)OC)C(OC(C)=O)=C(OC(C)=O)C1OC(C)=O. The minimum absolute atomic E-state index is 0.00472. The number of rotatable bonds is 18. The van der Waals surface area contributed by atoms with E-state index < -0.39 is 94.8 Å². The van der Waals surface area contributed by atoms with Gasteiger partial charge in [0.15, 0.2) is 11.5 Å². The summed E-state index contributed by atoms with van der Waals surface area (Å²) in [6.45, 7) is 1.89. The number of nitrogens with one attached hydrogen (secondary N) is 2. The molecule has 54 heavy (non-hydrogen) atoms. The Balaban J connectivity index is 2.52. The molecule has 1 heterocycles. The highest BCUT2D eigenvalue weighted by molar-refractivity contribution is 7.90. The number of benzene rings is 1. The summed E-state index contributed by atoms with van der Waals surface area (Å²) in [5, 5.41) is 4.85. The lowest BCUT2D eigenvalue weighted by Gasteiger charge is -2.36. The van der Waals surface area contributed by atoms with E-state index in [0.717, 1.165) is 39.0 Å². The fourth-order valence-corrected chi connectivity index (χ4v) is 4.81. The molecule has 3 atom stereocenters. The fraction of sp³-hybridized carbons (Fsp3) is 0.485. The average Bonchev–Trinajstić information content (AvgIpc) is 3.07. The van der Waals surface area contributed by atoms with Gasteiger partial charge < -0.3 is 53.4 Å². The molecular formula is C33H41N3O17S. The molecule has 1 aromatic carbocycles. The summed E-state index contributed by atoms with van der Waals surface area (Å²) in [5.41, 5.74) is 0.137. The van der Waals surface area contributed by atoms with E-state index in [-0.39, 0.29) is 48.9 Å². The first-order chi connectivity index (χ1) is 25.3. The number of sulfone groups is 1. The highest BCUT2D eigenvalue weighted by Crippen LogP contribution is 2.35. The zero-order valence-electron chi connectivity index (χ0n) is 30.3. The number of amides is 3. The molecule has 0 bridgehead atoms. The third kappa shape index (κ3) is 15.1. The molecule has 0 saturated heterocycles. The standard InChI is InChI=1S/C33H41N3O17S/c1-8-13-47-14-11-26(41)36(5)17-25(40)35-23-16-22(18-48-33(43)34-12-15-54(7,44)45)9-10-24(23)52-32-30(51-21(4)39)28(50-20(3)38)27(49-19(2)37)29(53-32)31(42)46-6/h1,9-10,16,29-30,32H,11-15,17-18H2,2-7H3,(H,34,43)(H,35,40)/t29?,30?,32-/m0/s1. The maximum atomic E-state index is 13.2. The van der Waals surface area contributed by atoms with Crippen molar-refractivity contribution in [3.8, 4) is 18.1 Å². The predicted molar refractivity (Wildman–Crippen MR) is 182 cm³/mol. The number of carbonyl (C=O) groups excluding carboxylic acids is 7. The molecule has 20 nitrogen and oxygen atoms in total. The van der Waals surface area contributed by atoms with E-state index in [9.17, 15) is 42.0 Å². The number of hydrogen-bond donors (Lipinski definition) is 2. The van der Waals surface area contributed by atoms with Gasteiger partial charge in [-0.25, -0.2) is 18.0 Å². The number of hydrogen-bond acceptors (Lipinski definition) is 17. The fourth-order valence-electron chi connectivity index (χ4n) is 4.33. The van der Waals surface area contributed by atoms with Crippen LogP contribution in [0.25, 0.3) is 0 Å². The van der Waals surface area contributed by atoms with Crippen molar-refractivity contribution in [3.63, 3.8) is 0 Å². The lowest BCUT2D eigenvalue weighted by molar-refractivity contribution is -0.214. The molecule has 2 rings (SSSR count). The summed E-state index contributed by atoms with van der Waals surface area (Å²) >= 11 is 0. The molecule has 0 fully saturated rings. The Kier molecular flexibility index (Phi) is 17.4. The minimum atomic E-state index is -3.36. The van der Waals surface area contributed by atoms with Crippen molar-refractivity contribution in [2.75, 3.05) is 57.8 Å². The first-order valence-electron chi connectivity index (χ1n) is 15.8. The Morgan fingerprint density at radius 3 is 2.26 bits per heavy atom. The Hall–Kier alpha value is -5.72. The molecule has 2 unspecified atom stereocenters. The van der Waals surface area contributed by atoms with E-state index in [1.54, 1.807) is 0 Å². The third-order valence-electron chi connectivity index (χ3n) is 6.60. The molecule has 3 amide bonds. The van der Waals surface area contributed by atoms with Gasteiger partial charge in [-0.1, -0.05) is 12.0 Å². The molecule has 1 aromatic rings. The van der Waals surface area contributed by atoms with Crippen LogP contribution < -0.4 is 15.4 Å². The highest BCUT2D eigenvalue weighted by atomic mass is 32.2. The second-order valence-electron chi connectivity index (χ2n) is 11.2. The van der Waals surface area contributed by atoms with Crippen molar-refractivity contribution in [2.45, 2.75) is 52.3 Å². The molecule has 0 aromatic heterocycles. The maximum absolute atomic E-state index is 13.2. The highest BCUT2D eigenvalue weighted by Gasteiger charge is 2.49. The van der Waals surface area contributed by atoms with Crippen molar-refractivity contribution in [2.24, 2.45) is 0 Å². The van der Waals surface area contributed by atoms with Gasteiger partial charge >= 0.3 is 30.0 Å². The molecule has 0 radical (unpaired) electrons. The third-order valence-corrected chi connectivity index (χ3v) is 7.54. The molecule has 21 heteroatoms. The number of anilines is 1. The van der Waals surface area contributed by atoms with Crippen molar-refractivity contribution >= 4 is 57.3 Å². The number of carbonyl (C=O) groups is 7. The largest absolute Gasteiger partial charge is 0.467 e. The van der Waals surface area contributed by atoms with Crippen LogP contribution >= 0.6 is 0 Å². The summed E-state index contributed by atoms with van der Waals surface area (Å²) < 4.78 is 65.2. The van der Waals surface area contributed by atoms with Gasteiger partial charge in [-0.15, -0.1) is 6.42 Å². The summed E-state index contributed by atoms with van der Waals surface area (Å²) in [6, 6.07) is 3.96. The van der Waals surface area contributed by atoms with Gasteiger partial charge in [-0.2, -0.15) is 0 Å². The van der Waals surface area contributed by atoms with E-state index in [2.05, 4.69) is 16.6 Å². The topological polar surface area (TPSA) is 255 Å². The van der Waals surface area contributed by atoms with Crippen molar-refractivity contribution in [1.29, 1.82) is 0 Å². The van der Waals surface area contributed by atoms with Gasteiger partial charge in [0.2, 0.25) is 30.3 Å². The number of methoxy groups -OCH3 is 1. The van der Waals surface area contributed by atoms with Gasteiger partial charge in [-0.05, 0) is 17.7 Å². The lowest BCUT2D eigenvalue weighted by Crippen LogP contribution is -2.50. The maximum Gasteiger partial charge on any atom is 0.407 e. The Bertz CT molecular complexity index is 1770. The van der Waals surface area contributed by atoms with E-state index in [4.69, 9.17) is 44.3 Å². The lowest BCUT2D eigenvalue weighted by atomic mass is 10.1. The number of nitrogens with zero attached hydrogens (tertiary/aromatic N) is 1. The van der Waals surface area contributed by atoms with Crippen molar-refractivity contribution < 1.29 is 79.9 Å². The number of ether oxygens (including phenoxy) is 8. The first kappa shape index (κ1) is 44.4. The van der Waals surface area contributed by atoms with Crippen molar-refractivity contribution in [1.82, 2.24) is 10.2 Å². The van der Waals surface area contributed by atoms with Crippen LogP contribution in [0.1, 0.15) is 32.8 Å². The van der Waals surface area contributed by atoms with Gasteiger partial charge in [0.1, 0.15) is 28.8 Å². The molecule has 0 aliphatic carbocycles. The molecule has 296 valence electrons. The second-order valence-corrected chi connectivity index (χ2v) is 13.5. The Morgan fingerprint density at radius 1 is 1.00 bits per heavy atom. The van der Waals surface area contributed by atoms with Gasteiger partial charge in [0, 0.05) is 40.6 Å². The van der Waals surface area contributed by atoms with Crippen LogP contribution in [0.15, 0.2) is 29.7 Å². The molecule has 2 N–H and O–H groups in total. The molecule has 0 saturated carbocycles. The number of esters is 4. The summed E-state index contributed by atoms with van der Waals surface area (Å²) in [5.74, 6) is -4.82. The minimum Gasteiger partial charge on any atom is -0.467 e. The monoisotopic (exact) mass is 783 g/mol. The van der Waals surface area contributed by atoms with Gasteiger partial charge in [0.25, 0.3) is 0 Å². The summed E-state index contributed by atoms with van der Waals surface area (Å²) in [4.78, 5) is 88.2. The average molecular weight is 784 g/mol. The van der Waals surface area contributed by atoms with Gasteiger partial charge in [-0.3, -0.25) is 24.0 Å². The van der Waals surface area contributed by atoms with Crippen LogP contribution in [0.3, 0.4) is 0 Å². The van der Waals surface area contributed by atoms with Crippen LogP contribution in [0.4, 0.5) is 10.5 Å².